The summed E-state index contributed by atoms with van der Waals surface area (Å²) in [6.45, 7) is 12.6. The van der Waals surface area contributed by atoms with E-state index >= 15 is 0 Å². The molecule has 6 atom stereocenters. The van der Waals surface area contributed by atoms with Crippen LogP contribution in [0.25, 0.3) is 0 Å². The fourth-order valence-corrected chi connectivity index (χ4v) is 4.30. The smallest absolute Gasteiger partial charge is 0.480 e. The number of hydrogen-bond acceptors (Lipinski definition) is 11. The van der Waals surface area contributed by atoms with Gasteiger partial charge in [0.05, 0.1) is 0 Å². The summed E-state index contributed by atoms with van der Waals surface area (Å²) in [5, 5.41) is 9.70. The van der Waals surface area contributed by atoms with Crippen molar-refractivity contribution < 1.29 is 52.7 Å². The first-order valence-corrected chi connectivity index (χ1v) is 14.6. The molecule has 0 radical (unpaired) electrons. The molecule has 42 heavy (non-hydrogen) atoms. The van der Waals surface area contributed by atoms with Crippen molar-refractivity contribution in [2.24, 2.45) is 5.73 Å². The molecule has 12 nitrogen and oxygen atoms in total. The van der Waals surface area contributed by atoms with Gasteiger partial charge in [0.2, 0.25) is 0 Å². The molecule has 5 unspecified atom stereocenters. The highest BCUT2D eigenvalue weighted by molar-refractivity contribution is 5.75. The first-order chi connectivity index (χ1) is 19.8. The van der Waals surface area contributed by atoms with Crippen molar-refractivity contribution in [3.63, 3.8) is 0 Å². The summed E-state index contributed by atoms with van der Waals surface area (Å²) in [5.41, 5.74) is 6.37. The predicted molar refractivity (Wildman–Crippen MR) is 154 cm³/mol. The highest BCUT2D eigenvalue weighted by Gasteiger charge is 2.31. The number of nitrogens with two attached hydrogens (primary N) is 1. The van der Waals surface area contributed by atoms with Gasteiger partial charge in [0.1, 0.15) is 30.5 Å². The van der Waals surface area contributed by atoms with Crippen molar-refractivity contribution in [3.8, 4) is 11.5 Å². The Morgan fingerprint density at radius 2 is 1.12 bits per heavy atom. The van der Waals surface area contributed by atoms with Crippen LogP contribution in [-0.2, 0) is 23.7 Å². The van der Waals surface area contributed by atoms with Crippen LogP contribution in [0.5, 0.6) is 11.5 Å². The van der Waals surface area contributed by atoms with Gasteiger partial charge in [-0.05, 0) is 71.1 Å². The third-order valence-electron chi connectivity index (χ3n) is 6.36. The topological polar surface area (TPSA) is 170 Å². The Morgan fingerprint density at radius 3 is 1.57 bits per heavy atom. The number of hydrogen-bond donors (Lipinski definition) is 2. The second-order valence-electron chi connectivity index (χ2n) is 10.4. The van der Waals surface area contributed by atoms with Crippen LogP contribution in [0.2, 0.25) is 0 Å². The summed E-state index contributed by atoms with van der Waals surface area (Å²) in [6, 6.07) is 2.75. The standard InChI is InChI=1S/C30H47NO11/c1-8-11-18(4)37-28(34)40-21(7)16-23(26(31)27(32)33)22-14-15-24(41-29(35)38-19(5)12-9-2)25(17-22)42-30(36)39-20(6)13-10-3/h14-15,17-21,23,26H,8-13,16,31H2,1-7H3,(H,32,33)/t18?,19?,20?,21?,23?,26-/m0/s1. The number of carboxylic acid groups (broad SMARTS) is 1. The van der Waals surface area contributed by atoms with Crippen LogP contribution < -0.4 is 15.2 Å². The Hall–Kier alpha value is -3.54. The van der Waals surface area contributed by atoms with E-state index in [-0.39, 0.29) is 24.0 Å². The zero-order chi connectivity index (χ0) is 31.8. The maximum Gasteiger partial charge on any atom is 0.514 e. The first-order valence-electron chi connectivity index (χ1n) is 14.6. The Kier molecular flexibility index (Phi) is 16.3. The van der Waals surface area contributed by atoms with Crippen molar-refractivity contribution in [2.75, 3.05) is 0 Å². The molecule has 0 heterocycles. The third-order valence-corrected chi connectivity index (χ3v) is 6.36. The molecule has 0 saturated carbocycles. The van der Waals surface area contributed by atoms with Crippen LogP contribution in [0.15, 0.2) is 18.2 Å². The fourth-order valence-electron chi connectivity index (χ4n) is 4.30. The van der Waals surface area contributed by atoms with E-state index in [0.29, 0.717) is 24.8 Å². The van der Waals surface area contributed by atoms with Gasteiger partial charge in [-0.15, -0.1) is 0 Å². The molecule has 0 aliphatic rings. The lowest BCUT2D eigenvalue weighted by Crippen LogP contribution is -2.38. The lowest BCUT2D eigenvalue weighted by atomic mass is 9.87. The molecule has 0 bridgehead atoms. The van der Waals surface area contributed by atoms with Crippen molar-refractivity contribution >= 4 is 24.4 Å². The van der Waals surface area contributed by atoms with Crippen molar-refractivity contribution in [1.29, 1.82) is 0 Å². The van der Waals surface area contributed by atoms with Gasteiger partial charge in [0.15, 0.2) is 11.5 Å². The highest BCUT2D eigenvalue weighted by atomic mass is 16.8. The van der Waals surface area contributed by atoms with Crippen LogP contribution in [0.4, 0.5) is 14.4 Å². The molecule has 3 N–H and O–H groups in total. The molecule has 0 amide bonds. The lowest BCUT2D eigenvalue weighted by Gasteiger charge is -2.25. The van der Waals surface area contributed by atoms with E-state index in [1.165, 1.54) is 18.2 Å². The quantitative estimate of drug-likeness (QED) is 0.111. The maximum atomic E-state index is 12.5. The van der Waals surface area contributed by atoms with E-state index in [9.17, 15) is 24.3 Å². The van der Waals surface area contributed by atoms with E-state index in [4.69, 9.17) is 34.2 Å². The van der Waals surface area contributed by atoms with Crippen LogP contribution >= 0.6 is 0 Å². The molecule has 1 aromatic carbocycles. The number of rotatable bonds is 17. The summed E-state index contributed by atoms with van der Waals surface area (Å²) in [5.74, 6) is -2.55. The van der Waals surface area contributed by atoms with Gasteiger partial charge in [-0.1, -0.05) is 46.1 Å². The normalized spacial score (nSPS) is 15.2. The summed E-state index contributed by atoms with van der Waals surface area (Å²) in [7, 11) is 0. The third kappa shape index (κ3) is 13.4. The highest BCUT2D eigenvalue weighted by Crippen LogP contribution is 2.35. The number of carbonyl (C=O) groups is 4. The van der Waals surface area contributed by atoms with Crippen molar-refractivity contribution in [1.82, 2.24) is 0 Å². The monoisotopic (exact) mass is 597 g/mol. The number of aliphatic carboxylic acids is 1. The van der Waals surface area contributed by atoms with E-state index in [0.717, 1.165) is 19.3 Å². The van der Waals surface area contributed by atoms with Gasteiger partial charge in [0, 0.05) is 5.92 Å². The molecule has 0 aliphatic heterocycles. The van der Waals surface area contributed by atoms with Gasteiger partial charge in [-0.3, -0.25) is 4.79 Å². The Morgan fingerprint density at radius 1 is 0.690 bits per heavy atom. The summed E-state index contributed by atoms with van der Waals surface area (Å²) in [4.78, 5) is 49.1. The van der Waals surface area contributed by atoms with Crippen molar-refractivity contribution in [2.45, 2.75) is 130 Å². The Labute approximate surface area is 248 Å². The molecule has 0 fully saturated rings. The van der Waals surface area contributed by atoms with E-state index < -0.39 is 54.7 Å². The fraction of sp³-hybridized carbons (Fsp3) is 0.667. The van der Waals surface area contributed by atoms with Crippen LogP contribution in [0.3, 0.4) is 0 Å². The molecule has 12 heteroatoms. The van der Waals surface area contributed by atoms with Gasteiger partial charge in [0.25, 0.3) is 0 Å². The maximum absolute atomic E-state index is 12.5. The predicted octanol–water partition coefficient (Wildman–Crippen LogP) is 6.71. The molecule has 0 aliphatic carbocycles. The van der Waals surface area contributed by atoms with E-state index in [1.54, 1.807) is 27.7 Å². The van der Waals surface area contributed by atoms with Crippen LogP contribution in [-0.4, -0.2) is 60.0 Å². The number of carbonyl (C=O) groups excluding carboxylic acids is 3. The van der Waals surface area contributed by atoms with Crippen LogP contribution in [0.1, 0.15) is 105 Å². The Balaban J connectivity index is 3.30. The lowest BCUT2D eigenvalue weighted by molar-refractivity contribution is -0.139. The second-order valence-corrected chi connectivity index (χ2v) is 10.4. The molecule has 0 aromatic heterocycles. The molecule has 238 valence electrons. The molecular formula is C30H47NO11. The van der Waals surface area contributed by atoms with E-state index in [1.807, 2.05) is 20.8 Å². The molecule has 1 aromatic rings. The average Bonchev–Trinajstić information content (AvgIpc) is 2.87. The number of ether oxygens (including phenoxy) is 6. The summed E-state index contributed by atoms with van der Waals surface area (Å²) < 4.78 is 31.8. The van der Waals surface area contributed by atoms with Gasteiger partial charge in [-0.25, -0.2) is 14.4 Å². The van der Waals surface area contributed by atoms with E-state index in [2.05, 4.69) is 0 Å². The zero-order valence-electron chi connectivity index (χ0n) is 25.8. The zero-order valence-corrected chi connectivity index (χ0v) is 25.8. The second kappa shape index (κ2) is 18.8. The average molecular weight is 598 g/mol. The summed E-state index contributed by atoms with van der Waals surface area (Å²) >= 11 is 0. The first kappa shape index (κ1) is 36.5. The Bertz CT molecular complexity index is 1010. The van der Waals surface area contributed by atoms with Crippen molar-refractivity contribution in [3.05, 3.63) is 23.8 Å². The van der Waals surface area contributed by atoms with Gasteiger partial charge < -0.3 is 39.3 Å². The summed E-state index contributed by atoms with van der Waals surface area (Å²) in [6.07, 6.45) is -0.576. The molecule has 1 rings (SSSR count). The minimum absolute atomic E-state index is 0.00107. The number of carboxylic acids is 1. The number of benzene rings is 1. The van der Waals surface area contributed by atoms with Gasteiger partial charge >= 0.3 is 24.4 Å². The minimum Gasteiger partial charge on any atom is -0.480 e. The molecular weight excluding hydrogens is 550 g/mol. The molecule has 0 saturated heterocycles. The van der Waals surface area contributed by atoms with Crippen LogP contribution in [0, 0.1) is 0 Å². The largest absolute Gasteiger partial charge is 0.514 e. The van der Waals surface area contributed by atoms with Gasteiger partial charge in [-0.2, -0.15) is 0 Å². The minimum atomic E-state index is -1.41. The SMILES string of the molecule is CCCC(C)OC(=O)Oc1ccc(C(CC(C)OC(=O)OC(C)CCC)[C@H](N)C(=O)O)cc1OC(=O)OC(C)CCC. The molecule has 0 spiro atoms.